The Hall–Kier alpha value is -2.28. The second-order valence-electron chi connectivity index (χ2n) is 9.22. The number of halogens is 1. The van der Waals surface area contributed by atoms with Gasteiger partial charge in [0, 0.05) is 56.8 Å². The zero-order chi connectivity index (χ0) is 22.5. The van der Waals surface area contributed by atoms with Crippen LogP contribution in [-0.4, -0.2) is 77.9 Å². The first-order valence-electron chi connectivity index (χ1n) is 11.8. The molecule has 1 N–H and O–H groups in total. The van der Waals surface area contributed by atoms with Gasteiger partial charge in [0.05, 0.1) is 0 Å². The smallest absolute Gasteiger partial charge is 0.166 e. The van der Waals surface area contributed by atoms with Gasteiger partial charge in [-0.25, -0.2) is 4.39 Å². The van der Waals surface area contributed by atoms with Crippen LogP contribution in [0.25, 0.3) is 0 Å². The summed E-state index contributed by atoms with van der Waals surface area (Å²) in [6.45, 7) is 9.77. The van der Waals surface area contributed by atoms with Gasteiger partial charge in [-0.3, -0.25) is 14.6 Å². The van der Waals surface area contributed by atoms with Gasteiger partial charge in [0.2, 0.25) is 0 Å². The van der Waals surface area contributed by atoms with Crippen molar-refractivity contribution < 1.29 is 14.3 Å². The first-order valence-corrected chi connectivity index (χ1v) is 11.8. The van der Waals surface area contributed by atoms with Gasteiger partial charge < -0.3 is 10.0 Å². The van der Waals surface area contributed by atoms with Crippen LogP contribution in [0.4, 0.5) is 4.39 Å². The second-order valence-corrected chi connectivity index (χ2v) is 9.22. The van der Waals surface area contributed by atoms with Crippen LogP contribution in [-0.2, 0) is 0 Å². The fraction of sp³-hybridized carbons (Fsp3) is 0.500. The molecule has 0 radical (unpaired) electrons. The van der Waals surface area contributed by atoms with Gasteiger partial charge in [0.25, 0.3) is 0 Å². The van der Waals surface area contributed by atoms with Crippen molar-refractivity contribution in [3.63, 3.8) is 0 Å². The quantitative estimate of drug-likeness (QED) is 0.634. The van der Waals surface area contributed by atoms with Crippen LogP contribution in [0, 0.1) is 11.7 Å². The summed E-state index contributed by atoms with van der Waals surface area (Å²) in [7, 11) is 0. The number of benzene rings is 2. The average molecular weight is 440 g/mol. The molecule has 2 aromatic carbocycles. The molecule has 0 bridgehead atoms. The summed E-state index contributed by atoms with van der Waals surface area (Å²) < 4.78 is 13.5. The minimum Gasteiger partial charge on any atom is -0.508 e. The van der Waals surface area contributed by atoms with Crippen molar-refractivity contribution in [1.29, 1.82) is 0 Å². The van der Waals surface area contributed by atoms with Crippen LogP contribution in [0.2, 0.25) is 0 Å². The van der Waals surface area contributed by atoms with Crippen molar-refractivity contribution in [1.82, 2.24) is 14.7 Å². The highest BCUT2D eigenvalue weighted by Gasteiger charge is 2.28. The fourth-order valence-corrected chi connectivity index (χ4v) is 4.95. The lowest BCUT2D eigenvalue weighted by Crippen LogP contribution is -2.50. The van der Waals surface area contributed by atoms with Gasteiger partial charge in [-0.15, -0.1) is 0 Å². The molecule has 32 heavy (non-hydrogen) atoms. The molecule has 0 aromatic heterocycles. The van der Waals surface area contributed by atoms with Crippen molar-refractivity contribution in [3.05, 3.63) is 65.5 Å². The molecule has 2 heterocycles. The molecule has 4 rings (SSSR count). The molecular weight excluding hydrogens is 405 g/mol. The van der Waals surface area contributed by atoms with E-state index in [4.69, 9.17) is 0 Å². The molecule has 0 saturated carbocycles. The molecule has 2 aliphatic rings. The van der Waals surface area contributed by atoms with Crippen LogP contribution in [0.15, 0.2) is 48.5 Å². The number of phenols is 1. The van der Waals surface area contributed by atoms with E-state index in [0.29, 0.717) is 11.6 Å². The molecule has 0 amide bonds. The topological polar surface area (TPSA) is 47.0 Å². The van der Waals surface area contributed by atoms with Gasteiger partial charge in [-0.1, -0.05) is 19.1 Å². The summed E-state index contributed by atoms with van der Waals surface area (Å²) >= 11 is 0. The van der Waals surface area contributed by atoms with Gasteiger partial charge in [-0.05, 0) is 67.9 Å². The lowest BCUT2D eigenvalue weighted by molar-refractivity contribution is 0.0769. The Bertz CT molecular complexity index is 873. The Balaban J connectivity index is 1.30. The van der Waals surface area contributed by atoms with Crippen molar-refractivity contribution in [3.8, 4) is 5.75 Å². The molecule has 2 aromatic rings. The predicted octanol–water partition coefficient (Wildman–Crippen LogP) is 3.80. The van der Waals surface area contributed by atoms with Crippen molar-refractivity contribution in [2.24, 2.45) is 5.92 Å². The van der Waals surface area contributed by atoms with Gasteiger partial charge in [-0.2, -0.15) is 0 Å². The third-order valence-electron chi connectivity index (χ3n) is 6.86. The minimum atomic E-state index is -0.182. The first kappa shape index (κ1) is 22.9. The number of carbonyl (C=O) groups is 1. The molecule has 0 spiro atoms. The number of rotatable bonds is 8. The van der Waals surface area contributed by atoms with E-state index < -0.39 is 0 Å². The van der Waals surface area contributed by atoms with Gasteiger partial charge in [0.15, 0.2) is 5.78 Å². The molecule has 2 unspecified atom stereocenters. The average Bonchev–Trinajstić information content (AvgIpc) is 3.34. The number of nitrogens with zero attached hydrogens (tertiary/aromatic N) is 3. The van der Waals surface area contributed by atoms with Crippen LogP contribution in [0.5, 0.6) is 5.75 Å². The summed E-state index contributed by atoms with van der Waals surface area (Å²) in [6.07, 6.45) is 2.47. The highest BCUT2D eigenvalue weighted by molar-refractivity contribution is 5.97. The number of Topliss-reactive ketones (excluding diaryl/α,β-unsaturated/α-hetero) is 1. The molecule has 2 atom stereocenters. The van der Waals surface area contributed by atoms with Crippen LogP contribution >= 0.6 is 0 Å². The summed E-state index contributed by atoms with van der Waals surface area (Å²) in [4.78, 5) is 20.1. The number of phenolic OH excluding ortho intramolecular Hbond substituents is 1. The van der Waals surface area contributed by atoms with E-state index in [1.165, 1.54) is 18.4 Å². The zero-order valence-corrected chi connectivity index (χ0v) is 18.9. The SMILES string of the molecule is CC(CN1CCN(CC(c2ccc(F)cc2)N2CCCC2)CC1)C(=O)c1ccc(O)cc1. The third-order valence-corrected chi connectivity index (χ3v) is 6.86. The van der Waals surface area contributed by atoms with Crippen molar-refractivity contribution in [2.75, 3.05) is 52.4 Å². The highest BCUT2D eigenvalue weighted by Crippen LogP contribution is 2.27. The minimum absolute atomic E-state index is 0.0809. The van der Waals surface area contributed by atoms with Crippen LogP contribution < -0.4 is 0 Å². The van der Waals surface area contributed by atoms with Gasteiger partial charge in [0.1, 0.15) is 11.6 Å². The molecule has 2 aliphatic heterocycles. The van der Waals surface area contributed by atoms with E-state index in [2.05, 4.69) is 14.7 Å². The number of ketones is 1. The maximum absolute atomic E-state index is 13.5. The maximum Gasteiger partial charge on any atom is 0.166 e. The van der Waals surface area contributed by atoms with E-state index >= 15 is 0 Å². The van der Waals surface area contributed by atoms with Gasteiger partial charge >= 0.3 is 0 Å². The largest absolute Gasteiger partial charge is 0.508 e. The highest BCUT2D eigenvalue weighted by atomic mass is 19.1. The van der Waals surface area contributed by atoms with E-state index in [-0.39, 0.29) is 23.3 Å². The normalized spacial score (nSPS) is 20.3. The molecule has 2 fully saturated rings. The monoisotopic (exact) mass is 439 g/mol. The summed E-state index contributed by atoms with van der Waals surface area (Å²) in [5.41, 5.74) is 1.85. The Morgan fingerprint density at radius 3 is 2.03 bits per heavy atom. The molecular formula is C26H34FN3O2. The standard InChI is InChI=1S/C26H34FN3O2/c1-20(26(32)22-6-10-24(31)11-7-22)18-28-14-16-29(17-15-28)19-25(30-12-2-3-13-30)21-4-8-23(27)9-5-21/h4-11,20,25,31H,2-3,12-19H2,1H3. The molecule has 0 aliphatic carbocycles. The van der Waals surface area contributed by atoms with E-state index in [1.807, 2.05) is 19.1 Å². The zero-order valence-electron chi connectivity index (χ0n) is 18.9. The van der Waals surface area contributed by atoms with Crippen molar-refractivity contribution in [2.45, 2.75) is 25.8 Å². The van der Waals surface area contributed by atoms with E-state index in [9.17, 15) is 14.3 Å². The maximum atomic E-state index is 13.5. The number of hydrogen-bond acceptors (Lipinski definition) is 5. The number of hydrogen-bond donors (Lipinski definition) is 1. The second kappa shape index (κ2) is 10.6. The van der Waals surface area contributed by atoms with E-state index in [1.54, 1.807) is 36.4 Å². The Labute approximate surface area is 190 Å². The van der Waals surface area contributed by atoms with Crippen LogP contribution in [0.1, 0.15) is 41.7 Å². The predicted molar refractivity (Wildman–Crippen MR) is 124 cm³/mol. The summed E-state index contributed by atoms with van der Waals surface area (Å²) in [5.74, 6) is 0.0391. The molecule has 2 saturated heterocycles. The lowest BCUT2D eigenvalue weighted by Gasteiger charge is -2.39. The molecule has 172 valence electrons. The molecule has 5 nitrogen and oxygen atoms in total. The number of carbonyl (C=O) groups excluding carboxylic acids is 1. The summed E-state index contributed by atoms with van der Waals surface area (Å²) in [5, 5.41) is 9.44. The first-order chi connectivity index (χ1) is 15.5. The Morgan fingerprint density at radius 2 is 1.44 bits per heavy atom. The molecule has 6 heteroatoms. The Morgan fingerprint density at radius 1 is 0.875 bits per heavy atom. The number of aromatic hydroxyl groups is 1. The van der Waals surface area contributed by atoms with Crippen LogP contribution in [0.3, 0.4) is 0 Å². The number of piperazine rings is 1. The lowest BCUT2D eigenvalue weighted by atomic mass is 9.98. The Kier molecular flexibility index (Phi) is 7.55. The fourth-order valence-electron chi connectivity index (χ4n) is 4.95. The summed E-state index contributed by atoms with van der Waals surface area (Å²) in [6, 6.07) is 13.8. The third kappa shape index (κ3) is 5.74. The van der Waals surface area contributed by atoms with E-state index in [0.717, 1.165) is 52.4 Å². The van der Waals surface area contributed by atoms with Crippen molar-refractivity contribution >= 4 is 5.78 Å². The number of likely N-dealkylation sites (tertiary alicyclic amines) is 1.